The summed E-state index contributed by atoms with van der Waals surface area (Å²) in [5.41, 5.74) is 0.694. The summed E-state index contributed by atoms with van der Waals surface area (Å²) < 4.78 is 1.56. The highest BCUT2D eigenvalue weighted by Gasteiger charge is 2.32. The second-order valence-electron chi connectivity index (χ2n) is 3.78. The lowest BCUT2D eigenvalue weighted by Crippen LogP contribution is -2.57. The normalized spacial score (nSPS) is 20.4. The lowest BCUT2D eigenvalue weighted by molar-refractivity contribution is -0.130. The average Bonchev–Trinajstić information content (AvgIpc) is 2.24. The number of carbonyl (C=O) groups excluding carboxylic acids is 2. The van der Waals surface area contributed by atoms with E-state index in [2.05, 4.69) is 37.2 Å². The van der Waals surface area contributed by atoms with E-state index in [1.165, 1.54) is 4.90 Å². The summed E-state index contributed by atoms with van der Waals surface area (Å²) >= 11 is 6.79. The van der Waals surface area contributed by atoms with E-state index in [-0.39, 0.29) is 18.4 Å². The van der Waals surface area contributed by atoms with Crippen LogP contribution in [0.2, 0.25) is 0 Å². The molecule has 0 spiro atoms. The van der Waals surface area contributed by atoms with Crippen LogP contribution in [0, 0.1) is 0 Å². The number of amides is 2. The highest BCUT2D eigenvalue weighted by molar-refractivity contribution is 9.11. The molecule has 90 valence electrons. The van der Waals surface area contributed by atoms with Crippen molar-refractivity contribution in [3.63, 3.8) is 0 Å². The van der Waals surface area contributed by atoms with E-state index in [4.69, 9.17) is 0 Å². The molecule has 1 aromatic rings. The SMILES string of the molecule is CC1NC(=O)CN(c2c(Br)cccc2Br)C1=O. The van der Waals surface area contributed by atoms with E-state index in [0.29, 0.717) is 5.69 Å². The standard InChI is InChI=1S/C11H10Br2N2O2/c1-6-11(17)15(5-9(16)14-6)10-7(12)3-2-4-8(10)13/h2-4,6H,5H2,1H3,(H,14,16). The zero-order chi connectivity index (χ0) is 12.6. The predicted molar refractivity (Wildman–Crippen MR) is 71.8 cm³/mol. The Morgan fingerprint density at radius 1 is 1.29 bits per heavy atom. The molecule has 0 aliphatic carbocycles. The minimum absolute atomic E-state index is 0.0460. The Morgan fingerprint density at radius 3 is 2.47 bits per heavy atom. The van der Waals surface area contributed by atoms with Crippen LogP contribution in [0.1, 0.15) is 6.92 Å². The summed E-state index contributed by atoms with van der Waals surface area (Å²) in [6.07, 6.45) is 0. The topological polar surface area (TPSA) is 49.4 Å². The third-order valence-corrected chi connectivity index (χ3v) is 3.80. The molecule has 0 saturated carbocycles. The Bertz CT molecular complexity index is 470. The number of nitrogens with zero attached hydrogens (tertiary/aromatic N) is 1. The van der Waals surface area contributed by atoms with Gasteiger partial charge >= 0.3 is 0 Å². The molecule has 1 heterocycles. The van der Waals surface area contributed by atoms with Crippen LogP contribution in [-0.4, -0.2) is 24.4 Å². The molecule has 1 aliphatic heterocycles. The molecule has 0 aromatic heterocycles. The second-order valence-corrected chi connectivity index (χ2v) is 5.49. The van der Waals surface area contributed by atoms with Gasteiger partial charge in [-0.3, -0.25) is 14.5 Å². The van der Waals surface area contributed by atoms with Crippen LogP contribution in [0.3, 0.4) is 0 Å². The molecule has 1 aromatic carbocycles. The maximum atomic E-state index is 12.0. The molecule has 0 radical (unpaired) electrons. The van der Waals surface area contributed by atoms with Gasteiger partial charge in [-0.15, -0.1) is 0 Å². The molecule has 1 atom stereocenters. The Labute approximate surface area is 116 Å². The molecule has 2 amide bonds. The molecule has 1 aliphatic rings. The van der Waals surface area contributed by atoms with Crippen molar-refractivity contribution in [2.75, 3.05) is 11.4 Å². The number of hydrogen-bond acceptors (Lipinski definition) is 2. The van der Waals surface area contributed by atoms with Crippen LogP contribution in [-0.2, 0) is 9.59 Å². The second kappa shape index (κ2) is 4.78. The first-order valence-corrected chi connectivity index (χ1v) is 6.64. The number of piperazine rings is 1. The van der Waals surface area contributed by atoms with E-state index in [1.54, 1.807) is 6.92 Å². The summed E-state index contributed by atoms with van der Waals surface area (Å²) in [5, 5.41) is 2.61. The zero-order valence-corrected chi connectivity index (χ0v) is 12.2. The van der Waals surface area contributed by atoms with Crippen molar-refractivity contribution in [3.8, 4) is 0 Å². The highest BCUT2D eigenvalue weighted by atomic mass is 79.9. The lowest BCUT2D eigenvalue weighted by atomic mass is 10.2. The van der Waals surface area contributed by atoms with Crippen LogP contribution in [0.5, 0.6) is 0 Å². The van der Waals surface area contributed by atoms with Gasteiger partial charge in [-0.05, 0) is 50.9 Å². The number of hydrogen-bond donors (Lipinski definition) is 1. The number of rotatable bonds is 1. The Hall–Kier alpha value is -0.880. The van der Waals surface area contributed by atoms with E-state index in [9.17, 15) is 9.59 Å². The molecular formula is C11H10Br2N2O2. The van der Waals surface area contributed by atoms with Gasteiger partial charge in [0, 0.05) is 8.95 Å². The first-order chi connectivity index (χ1) is 8.00. The molecule has 17 heavy (non-hydrogen) atoms. The van der Waals surface area contributed by atoms with Gasteiger partial charge in [-0.2, -0.15) is 0 Å². The molecule has 6 heteroatoms. The molecule has 0 bridgehead atoms. The van der Waals surface area contributed by atoms with Crippen molar-refractivity contribution < 1.29 is 9.59 Å². The molecule has 1 N–H and O–H groups in total. The number of para-hydroxylation sites is 1. The molecule has 1 unspecified atom stereocenters. The third kappa shape index (κ3) is 2.37. The fraction of sp³-hybridized carbons (Fsp3) is 0.273. The van der Waals surface area contributed by atoms with E-state index < -0.39 is 6.04 Å². The van der Waals surface area contributed by atoms with E-state index in [0.717, 1.165) is 8.95 Å². The highest BCUT2D eigenvalue weighted by Crippen LogP contribution is 2.34. The summed E-state index contributed by atoms with van der Waals surface area (Å²) in [5.74, 6) is -0.267. The van der Waals surface area contributed by atoms with Gasteiger partial charge in [0.05, 0.1) is 5.69 Å². The molecule has 4 nitrogen and oxygen atoms in total. The first kappa shape index (κ1) is 12.6. The average molecular weight is 362 g/mol. The van der Waals surface area contributed by atoms with Gasteiger partial charge in [0.2, 0.25) is 11.8 Å². The quantitative estimate of drug-likeness (QED) is 0.832. The number of carbonyl (C=O) groups is 2. The Balaban J connectivity index is 2.45. The Morgan fingerprint density at radius 2 is 1.88 bits per heavy atom. The van der Waals surface area contributed by atoms with Crippen molar-refractivity contribution in [1.82, 2.24) is 5.32 Å². The van der Waals surface area contributed by atoms with Crippen LogP contribution in [0.15, 0.2) is 27.1 Å². The zero-order valence-electron chi connectivity index (χ0n) is 9.04. The smallest absolute Gasteiger partial charge is 0.249 e. The predicted octanol–water partition coefficient (Wildman–Crippen LogP) is 2.06. The maximum Gasteiger partial charge on any atom is 0.249 e. The van der Waals surface area contributed by atoms with Gasteiger partial charge in [0.15, 0.2) is 0 Å². The van der Waals surface area contributed by atoms with Gasteiger partial charge in [-0.1, -0.05) is 6.07 Å². The van der Waals surface area contributed by atoms with Crippen molar-refractivity contribution in [2.24, 2.45) is 0 Å². The van der Waals surface area contributed by atoms with Crippen molar-refractivity contribution in [3.05, 3.63) is 27.1 Å². The van der Waals surface area contributed by atoms with Crippen molar-refractivity contribution in [1.29, 1.82) is 0 Å². The number of nitrogens with one attached hydrogen (secondary N) is 1. The summed E-state index contributed by atoms with van der Waals surface area (Å²) in [6.45, 7) is 1.72. The summed E-state index contributed by atoms with van der Waals surface area (Å²) in [7, 11) is 0. The molecule has 1 saturated heterocycles. The van der Waals surface area contributed by atoms with Gasteiger partial charge in [-0.25, -0.2) is 0 Å². The third-order valence-electron chi connectivity index (χ3n) is 2.52. The molecular weight excluding hydrogens is 352 g/mol. The molecule has 2 rings (SSSR count). The van der Waals surface area contributed by atoms with Gasteiger partial charge in [0.1, 0.15) is 12.6 Å². The number of anilines is 1. The monoisotopic (exact) mass is 360 g/mol. The van der Waals surface area contributed by atoms with Gasteiger partial charge < -0.3 is 5.32 Å². The fourth-order valence-electron chi connectivity index (χ4n) is 1.74. The number of benzene rings is 1. The van der Waals surface area contributed by atoms with Crippen molar-refractivity contribution in [2.45, 2.75) is 13.0 Å². The first-order valence-electron chi connectivity index (χ1n) is 5.05. The lowest BCUT2D eigenvalue weighted by Gasteiger charge is -2.32. The summed E-state index contributed by atoms with van der Waals surface area (Å²) in [4.78, 5) is 25.0. The fourth-order valence-corrected chi connectivity index (χ4v) is 3.17. The van der Waals surface area contributed by atoms with Crippen LogP contribution < -0.4 is 10.2 Å². The molecule has 1 fully saturated rings. The number of halogens is 2. The Kier molecular flexibility index (Phi) is 3.53. The van der Waals surface area contributed by atoms with Gasteiger partial charge in [0.25, 0.3) is 0 Å². The van der Waals surface area contributed by atoms with Crippen LogP contribution in [0.25, 0.3) is 0 Å². The van der Waals surface area contributed by atoms with Crippen molar-refractivity contribution >= 4 is 49.4 Å². The van der Waals surface area contributed by atoms with Crippen LogP contribution in [0.4, 0.5) is 5.69 Å². The largest absolute Gasteiger partial charge is 0.343 e. The summed E-state index contributed by atoms with van der Waals surface area (Å²) in [6, 6.07) is 5.04. The minimum atomic E-state index is -0.491. The van der Waals surface area contributed by atoms with E-state index >= 15 is 0 Å². The van der Waals surface area contributed by atoms with E-state index in [1.807, 2.05) is 18.2 Å². The maximum absolute atomic E-state index is 12.0. The van der Waals surface area contributed by atoms with Crippen LogP contribution >= 0.6 is 31.9 Å². The minimum Gasteiger partial charge on any atom is -0.343 e.